The van der Waals surface area contributed by atoms with Crippen LogP contribution in [0.2, 0.25) is 5.02 Å². The molecule has 40 heavy (non-hydrogen) atoms. The number of hydrogen-bond acceptors (Lipinski definition) is 6. The van der Waals surface area contributed by atoms with Gasteiger partial charge in [-0.05, 0) is 68.2 Å². The first-order chi connectivity index (χ1) is 19.3. The van der Waals surface area contributed by atoms with Gasteiger partial charge in [-0.2, -0.15) is 5.26 Å². The summed E-state index contributed by atoms with van der Waals surface area (Å²) in [7, 11) is 8.54. The molecule has 1 saturated heterocycles. The van der Waals surface area contributed by atoms with Crippen LogP contribution in [0.15, 0.2) is 72.8 Å². The Kier molecular flexibility index (Phi) is 11.0. The van der Waals surface area contributed by atoms with Gasteiger partial charge in [0.1, 0.15) is 0 Å². The second-order valence-corrected chi connectivity index (χ2v) is 11.6. The van der Waals surface area contributed by atoms with Crippen molar-refractivity contribution < 1.29 is 0 Å². The number of likely N-dealkylation sites (N-methyl/N-ethyl adjacent to an activating group) is 3. The summed E-state index contributed by atoms with van der Waals surface area (Å²) in [6.07, 6.45) is 0. The summed E-state index contributed by atoms with van der Waals surface area (Å²) in [5.74, 6) is 0. The summed E-state index contributed by atoms with van der Waals surface area (Å²) >= 11 is 6.20. The second-order valence-electron chi connectivity index (χ2n) is 11.2. The number of benzene rings is 3. The summed E-state index contributed by atoms with van der Waals surface area (Å²) < 4.78 is 0. The molecule has 0 N–H and O–H groups in total. The summed E-state index contributed by atoms with van der Waals surface area (Å²) in [5.41, 5.74) is 5.61. The summed E-state index contributed by atoms with van der Waals surface area (Å²) in [6, 6.07) is 27.9. The Morgan fingerprint density at radius 3 is 2.10 bits per heavy atom. The lowest BCUT2D eigenvalue weighted by Crippen LogP contribution is -2.47. The minimum Gasteiger partial charge on any atom is -0.373 e. The van der Waals surface area contributed by atoms with Crippen molar-refractivity contribution in [1.82, 2.24) is 19.6 Å². The van der Waals surface area contributed by atoms with Gasteiger partial charge in [-0.15, -0.1) is 0 Å². The molecule has 6 nitrogen and oxygen atoms in total. The molecule has 1 fully saturated rings. The molecule has 0 saturated carbocycles. The molecule has 0 amide bonds. The Bertz CT molecular complexity index is 1230. The third-order valence-corrected chi connectivity index (χ3v) is 8.12. The third-order valence-electron chi connectivity index (χ3n) is 7.86. The Balaban J connectivity index is 1.40. The normalized spacial score (nSPS) is 15.3. The predicted octanol–water partition coefficient (Wildman–Crippen LogP) is 5.05. The van der Waals surface area contributed by atoms with Crippen molar-refractivity contribution in [2.45, 2.75) is 12.6 Å². The van der Waals surface area contributed by atoms with Gasteiger partial charge in [-0.25, -0.2) is 0 Å². The second kappa shape index (κ2) is 14.6. The number of anilines is 1. The highest BCUT2D eigenvalue weighted by Crippen LogP contribution is 2.31. The van der Waals surface area contributed by atoms with Crippen LogP contribution in [0, 0.1) is 11.3 Å². The van der Waals surface area contributed by atoms with Crippen molar-refractivity contribution in [1.29, 1.82) is 5.26 Å². The number of piperazine rings is 1. The van der Waals surface area contributed by atoms with E-state index in [1.54, 1.807) is 0 Å². The molecule has 4 rings (SSSR count). The fourth-order valence-corrected chi connectivity index (χ4v) is 5.43. The van der Waals surface area contributed by atoms with Crippen LogP contribution in [0.5, 0.6) is 0 Å². The van der Waals surface area contributed by atoms with E-state index in [2.05, 4.69) is 113 Å². The number of hydrogen-bond donors (Lipinski definition) is 0. The quantitative estimate of drug-likeness (QED) is 0.310. The lowest BCUT2D eigenvalue weighted by Gasteiger charge is -2.40. The van der Waals surface area contributed by atoms with Crippen molar-refractivity contribution in [3.63, 3.8) is 0 Å². The SMILES string of the molecule is CN(C)CCN(C)CCN(C)c1ccc(C#N)c(CN2CCN(C(c3ccccc3)c3ccc(Cl)cc3)CC2)c1. The van der Waals surface area contributed by atoms with Gasteiger partial charge in [0.2, 0.25) is 0 Å². The van der Waals surface area contributed by atoms with Crippen molar-refractivity contribution in [3.8, 4) is 6.07 Å². The van der Waals surface area contributed by atoms with Gasteiger partial charge in [0, 0.05) is 76.7 Å². The van der Waals surface area contributed by atoms with E-state index in [-0.39, 0.29) is 6.04 Å². The van der Waals surface area contributed by atoms with E-state index in [4.69, 9.17) is 11.6 Å². The Labute approximate surface area is 246 Å². The molecular formula is C33H43ClN6. The van der Waals surface area contributed by atoms with Crippen LogP contribution in [0.1, 0.15) is 28.3 Å². The van der Waals surface area contributed by atoms with Crippen molar-refractivity contribution in [3.05, 3.63) is 100 Å². The zero-order valence-corrected chi connectivity index (χ0v) is 25.2. The smallest absolute Gasteiger partial charge is 0.0995 e. The molecular weight excluding hydrogens is 516 g/mol. The fourth-order valence-electron chi connectivity index (χ4n) is 5.30. The monoisotopic (exact) mass is 558 g/mol. The predicted molar refractivity (Wildman–Crippen MR) is 167 cm³/mol. The van der Waals surface area contributed by atoms with Gasteiger partial charge in [0.25, 0.3) is 0 Å². The molecule has 7 heteroatoms. The molecule has 0 bridgehead atoms. The average molecular weight is 559 g/mol. The number of halogens is 1. The minimum absolute atomic E-state index is 0.197. The molecule has 3 aromatic rings. The summed E-state index contributed by atoms with van der Waals surface area (Å²) in [5, 5.41) is 10.6. The molecule has 0 aromatic heterocycles. The Morgan fingerprint density at radius 1 is 0.800 bits per heavy atom. The molecule has 1 heterocycles. The van der Waals surface area contributed by atoms with Crippen LogP contribution in [-0.4, -0.2) is 100 Å². The zero-order valence-electron chi connectivity index (χ0n) is 24.4. The van der Waals surface area contributed by atoms with Gasteiger partial charge < -0.3 is 14.7 Å². The van der Waals surface area contributed by atoms with E-state index in [1.807, 2.05) is 18.2 Å². The molecule has 212 valence electrons. The number of nitriles is 1. The highest BCUT2D eigenvalue weighted by molar-refractivity contribution is 6.30. The van der Waals surface area contributed by atoms with E-state index < -0.39 is 0 Å². The largest absolute Gasteiger partial charge is 0.373 e. The van der Waals surface area contributed by atoms with Crippen molar-refractivity contribution in [2.75, 3.05) is 85.4 Å². The van der Waals surface area contributed by atoms with Crippen LogP contribution in [-0.2, 0) is 6.54 Å². The minimum atomic E-state index is 0.197. The van der Waals surface area contributed by atoms with Crippen LogP contribution in [0.4, 0.5) is 5.69 Å². The van der Waals surface area contributed by atoms with Gasteiger partial charge in [-0.1, -0.05) is 54.1 Å². The van der Waals surface area contributed by atoms with E-state index in [1.165, 1.54) is 16.8 Å². The number of rotatable bonds is 12. The number of nitrogens with zero attached hydrogens (tertiary/aromatic N) is 6. The third kappa shape index (κ3) is 8.30. The van der Waals surface area contributed by atoms with Crippen molar-refractivity contribution >= 4 is 17.3 Å². The summed E-state index contributed by atoms with van der Waals surface area (Å²) in [4.78, 5) is 11.9. The Hall–Kier alpha value is -2.92. The van der Waals surface area contributed by atoms with Gasteiger partial charge in [0.05, 0.1) is 17.7 Å². The highest BCUT2D eigenvalue weighted by atomic mass is 35.5. The zero-order chi connectivity index (χ0) is 28.5. The molecule has 0 radical (unpaired) electrons. The molecule has 1 atom stereocenters. The first-order valence-corrected chi connectivity index (χ1v) is 14.6. The first-order valence-electron chi connectivity index (χ1n) is 14.2. The topological polar surface area (TPSA) is 40.0 Å². The van der Waals surface area contributed by atoms with E-state index in [0.717, 1.165) is 75.1 Å². The fraction of sp³-hybridized carbons (Fsp3) is 0.424. The lowest BCUT2D eigenvalue weighted by molar-refractivity contribution is 0.105. The van der Waals surface area contributed by atoms with Gasteiger partial charge in [-0.3, -0.25) is 9.80 Å². The molecule has 1 aliphatic rings. The molecule has 0 aliphatic carbocycles. The van der Waals surface area contributed by atoms with Crippen LogP contribution in [0.3, 0.4) is 0 Å². The highest BCUT2D eigenvalue weighted by Gasteiger charge is 2.27. The standard InChI is InChI=1S/C33H43ClN6/c1-36(2)16-17-37(3)18-19-38(4)32-15-12-29(25-35)30(24-32)26-39-20-22-40(23-21-39)33(27-8-6-5-7-9-27)28-10-13-31(34)14-11-28/h5-15,24,33H,16-23,26H2,1-4H3. The van der Waals surface area contributed by atoms with Crippen LogP contribution < -0.4 is 4.90 Å². The summed E-state index contributed by atoms with van der Waals surface area (Å²) in [6.45, 7) is 8.67. The molecule has 1 unspecified atom stereocenters. The molecule has 3 aromatic carbocycles. The van der Waals surface area contributed by atoms with Crippen LogP contribution in [0.25, 0.3) is 0 Å². The molecule has 0 spiro atoms. The van der Waals surface area contributed by atoms with Gasteiger partial charge in [0.15, 0.2) is 0 Å². The maximum absolute atomic E-state index is 9.83. The molecule has 1 aliphatic heterocycles. The average Bonchev–Trinajstić information content (AvgIpc) is 2.97. The van der Waals surface area contributed by atoms with E-state index in [9.17, 15) is 5.26 Å². The van der Waals surface area contributed by atoms with Crippen LogP contribution >= 0.6 is 11.6 Å². The first kappa shape index (κ1) is 30.0. The maximum Gasteiger partial charge on any atom is 0.0995 e. The lowest BCUT2D eigenvalue weighted by atomic mass is 9.96. The maximum atomic E-state index is 9.83. The Morgan fingerprint density at radius 2 is 1.45 bits per heavy atom. The van der Waals surface area contributed by atoms with Crippen molar-refractivity contribution in [2.24, 2.45) is 0 Å². The van der Waals surface area contributed by atoms with E-state index >= 15 is 0 Å². The van der Waals surface area contributed by atoms with Gasteiger partial charge >= 0.3 is 0 Å². The van der Waals surface area contributed by atoms with E-state index in [0.29, 0.717) is 0 Å².